The standard InChI is InChI=1S/C24H29N3O4S/c1-18(28)10-5-3-8-15-22(24-25-17-23(26-24)19-11-6-4-7-12-19)27-32(29,30)21-14-9-13-20(16-21)31-2/h4,6-7,9,11-14,16-17,22,27H,3,5,8,10,15H2,1-2H3,(H,25,26)/t22-/m0/s1. The molecule has 170 valence electrons. The van der Waals surface area contributed by atoms with Crippen molar-refractivity contribution in [1.82, 2.24) is 14.7 Å². The predicted octanol–water partition coefficient (Wildman–Crippen LogP) is 4.64. The molecule has 3 aromatic rings. The molecule has 0 bridgehead atoms. The van der Waals surface area contributed by atoms with Crippen molar-refractivity contribution in [2.24, 2.45) is 0 Å². The summed E-state index contributed by atoms with van der Waals surface area (Å²) in [7, 11) is -2.30. The Morgan fingerprint density at radius 2 is 1.88 bits per heavy atom. The highest BCUT2D eigenvalue weighted by Gasteiger charge is 2.24. The highest BCUT2D eigenvalue weighted by molar-refractivity contribution is 7.89. The van der Waals surface area contributed by atoms with E-state index in [1.807, 2.05) is 30.3 Å². The van der Waals surface area contributed by atoms with Crippen LogP contribution in [0.3, 0.4) is 0 Å². The fourth-order valence-electron chi connectivity index (χ4n) is 3.45. The van der Waals surface area contributed by atoms with E-state index in [0.29, 0.717) is 24.4 Å². The molecular formula is C24H29N3O4S. The van der Waals surface area contributed by atoms with Crippen LogP contribution in [0, 0.1) is 0 Å². The van der Waals surface area contributed by atoms with Gasteiger partial charge in [-0.25, -0.2) is 18.1 Å². The third-order valence-corrected chi connectivity index (χ3v) is 6.65. The largest absolute Gasteiger partial charge is 0.497 e. The van der Waals surface area contributed by atoms with Gasteiger partial charge in [0.05, 0.1) is 29.9 Å². The third-order valence-electron chi connectivity index (χ3n) is 5.18. The van der Waals surface area contributed by atoms with Crippen LogP contribution in [0.15, 0.2) is 65.7 Å². The molecule has 2 aromatic carbocycles. The Balaban J connectivity index is 1.80. The maximum atomic E-state index is 13.1. The first kappa shape index (κ1) is 23.7. The average molecular weight is 456 g/mol. The van der Waals surface area contributed by atoms with Gasteiger partial charge in [0.2, 0.25) is 10.0 Å². The number of sulfonamides is 1. The normalized spacial score (nSPS) is 12.4. The van der Waals surface area contributed by atoms with Crippen molar-refractivity contribution < 1.29 is 17.9 Å². The van der Waals surface area contributed by atoms with Crippen molar-refractivity contribution in [3.05, 3.63) is 66.6 Å². The molecule has 2 N–H and O–H groups in total. The second kappa shape index (κ2) is 11.1. The van der Waals surface area contributed by atoms with E-state index in [4.69, 9.17) is 4.74 Å². The number of H-pyrrole nitrogens is 1. The number of carbonyl (C=O) groups is 1. The second-order valence-electron chi connectivity index (χ2n) is 7.70. The van der Waals surface area contributed by atoms with Crippen LogP contribution in [0.2, 0.25) is 0 Å². The fourth-order valence-corrected chi connectivity index (χ4v) is 4.72. The van der Waals surface area contributed by atoms with E-state index in [0.717, 1.165) is 30.5 Å². The van der Waals surface area contributed by atoms with Crippen LogP contribution in [0.1, 0.15) is 50.9 Å². The average Bonchev–Trinajstić information content (AvgIpc) is 3.29. The summed E-state index contributed by atoms with van der Waals surface area (Å²) in [6, 6.07) is 15.6. The smallest absolute Gasteiger partial charge is 0.241 e. The molecule has 0 aliphatic heterocycles. The summed E-state index contributed by atoms with van der Waals surface area (Å²) >= 11 is 0. The van der Waals surface area contributed by atoms with Gasteiger partial charge in [0.25, 0.3) is 0 Å². The Kier molecular flexibility index (Phi) is 8.19. The number of Topliss-reactive ketones (excluding diaryl/α,β-unsaturated/α-hetero) is 1. The minimum atomic E-state index is -3.80. The third kappa shape index (κ3) is 6.51. The molecule has 7 nitrogen and oxygen atoms in total. The Hall–Kier alpha value is -2.97. The minimum absolute atomic E-state index is 0.133. The molecule has 1 aromatic heterocycles. The number of nitrogens with one attached hydrogen (secondary N) is 2. The Morgan fingerprint density at radius 1 is 1.09 bits per heavy atom. The van der Waals surface area contributed by atoms with Crippen molar-refractivity contribution in [3.63, 3.8) is 0 Å². The number of aromatic amines is 1. The summed E-state index contributed by atoms with van der Waals surface area (Å²) in [6.45, 7) is 1.58. The van der Waals surface area contributed by atoms with Crippen molar-refractivity contribution in [2.75, 3.05) is 7.11 Å². The molecule has 0 saturated heterocycles. The van der Waals surface area contributed by atoms with Crippen LogP contribution in [-0.4, -0.2) is 31.3 Å². The minimum Gasteiger partial charge on any atom is -0.497 e. The first-order chi connectivity index (χ1) is 15.4. The van der Waals surface area contributed by atoms with Crippen LogP contribution in [0.4, 0.5) is 0 Å². The number of ketones is 1. The van der Waals surface area contributed by atoms with Gasteiger partial charge in [-0.1, -0.05) is 49.2 Å². The summed E-state index contributed by atoms with van der Waals surface area (Å²) in [5.74, 6) is 1.19. The van der Waals surface area contributed by atoms with Crippen LogP contribution in [0.25, 0.3) is 11.3 Å². The van der Waals surface area contributed by atoms with Crippen molar-refractivity contribution in [3.8, 4) is 17.0 Å². The summed E-state index contributed by atoms with van der Waals surface area (Å²) in [5.41, 5.74) is 1.80. The number of unbranched alkanes of at least 4 members (excludes halogenated alkanes) is 2. The number of hydrogen-bond acceptors (Lipinski definition) is 5. The number of nitrogens with zero attached hydrogens (tertiary/aromatic N) is 1. The lowest BCUT2D eigenvalue weighted by atomic mass is 10.1. The first-order valence-electron chi connectivity index (χ1n) is 10.6. The lowest BCUT2D eigenvalue weighted by molar-refractivity contribution is -0.117. The molecule has 8 heteroatoms. The fraction of sp³-hybridized carbons (Fsp3) is 0.333. The van der Waals surface area contributed by atoms with Gasteiger partial charge in [0.1, 0.15) is 17.4 Å². The molecule has 1 atom stereocenters. The highest BCUT2D eigenvalue weighted by atomic mass is 32.2. The van der Waals surface area contributed by atoms with E-state index in [1.54, 1.807) is 25.3 Å². The molecule has 3 rings (SSSR count). The van der Waals surface area contributed by atoms with Gasteiger partial charge in [-0.05, 0) is 37.5 Å². The van der Waals surface area contributed by atoms with Gasteiger partial charge in [0, 0.05) is 12.5 Å². The maximum Gasteiger partial charge on any atom is 0.241 e. The molecule has 0 fully saturated rings. The van der Waals surface area contributed by atoms with E-state index in [1.165, 1.54) is 19.2 Å². The molecule has 0 aliphatic carbocycles. The number of hydrogen-bond donors (Lipinski definition) is 2. The van der Waals surface area contributed by atoms with Gasteiger partial charge in [0.15, 0.2) is 0 Å². The van der Waals surface area contributed by atoms with Gasteiger partial charge < -0.3 is 14.5 Å². The lowest BCUT2D eigenvalue weighted by Gasteiger charge is -2.17. The zero-order valence-corrected chi connectivity index (χ0v) is 19.2. The molecule has 1 heterocycles. The maximum absolute atomic E-state index is 13.1. The quantitative estimate of drug-likeness (QED) is 0.387. The lowest BCUT2D eigenvalue weighted by Crippen LogP contribution is -2.29. The van der Waals surface area contributed by atoms with Gasteiger partial charge in [-0.15, -0.1) is 0 Å². The molecule has 0 saturated carbocycles. The number of ether oxygens (including phenoxy) is 1. The Morgan fingerprint density at radius 3 is 2.59 bits per heavy atom. The van der Waals surface area contributed by atoms with Crippen LogP contribution in [0.5, 0.6) is 5.75 Å². The molecule has 32 heavy (non-hydrogen) atoms. The van der Waals surface area contributed by atoms with E-state index >= 15 is 0 Å². The van der Waals surface area contributed by atoms with E-state index in [-0.39, 0.29) is 10.7 Å². The molecule has 0 amide bonds. The van der Waals surface area contributed by atoms with Crippen LogP contribution in [-0.2, 0) is 14.8 Å². The molecule has 0 aliphatic rings. The number of imidazole rings is 1. The number of aromatic nitrogens is 2. The number of benzene rings is 2. The predicted molar refractivity (Wildman–Crippen MR) is 124 cm³/mol. The highest BCUT2D eigenvalue weighted by Crippen LogP contribution is 2.25. The zero-order chi connectivity index (χ0) is 23.0. The van der Waals surface area contributed by atoms with Gasteiger partial charge in [-0.3, -0.25) is 0 Å². The van der Waals surface area contributed by atoms with Gasteiger partial charge in [-0.2, -0.15) is 0 Å². The molecule has 0 spiro atoms. The molecular weight excluding hydrogens is 426 g/mol. The first-order valence-corrected chi connectivity index (χ1v) is 12.1. The summed E-state index contributed by atoms with van der Waals surface area (Å²) in [5, 5.41) is 0. The topological polar surface area (TPSA) is 101 Å². The molecule has 0 unspecified atom stereocenters. The number of rotatable bonds is 12. The van der Waals surface area contributed by atoms with E-state index in [9.17, 15) is 13.2 Å². The SMILES string of the molecule is COc1cccc(S(=O)(=O)N[C@@H](CCCCCC(C)=O)c2ncc(-c3ccccc3)[nH]2)c1. The molecule has 0 radical (unpaired) electrons. The summed E-state index contributed by atoms with van der Waals surface area (Å²) in [4.78, 5) is 19.1. The Labute approximate surface area is 189 Å². The number of carbonyl (C=O) groups excluding carboxylic acids is 1. The van der Waals surface area contributed by atoms with Crippen LogP contribution < -0.4 is 9.46 Å². The van der Waals surface area contributed by atoms with Gasteiger partial charge >= 0.3 is 0 Å². The summed E-state index contributed by atoms with van der Waals surface area (Å²) in [6.07, 6.45) is 5.20. The Bertz CT molecular complexity index is 1130. The van der Waals surface area contributed by atoms with E-state index in [2.05, 4.69) is 14.7 Å². The van der Waals surface area contributed by atoms with Crippen molar-refractivity contribution in [2.45, 2.75) is 50.0 Å². The monoisotopic (exact) mass is 455 g/mol. The van der Waals surface area contributed by atoms with Crippen LogP contribution >= 0.6 is 0 Å². The number of methoxy groups -OCH3 is 1. The van der Waals surface area contributed by atoms with Crippen molar-refractivity contribution >= 4 is 15.8 Å². The van der Waals surface area contributed by atoms with Crippen molar-refractivity contribution in [1.29, 1.82) is 0 Å². The zero-order valence-electron chi connectivity index (χ0n) is 18.4. The second-order valence-corrected chi connectivity index (χ2v) is 9.42. The van der Waals surface area contributed by atoms with E-state index < -0.39 is 16.1 Å². The summed E-state index contributed by atoms with van der Waals surface area (Å²) < 4.78 is 34.1.